The van der Waals surface area contributed by atoms with Gasteiger partial charge in [-0.15, -0.1) is 0 Å². The van der Waals surface area contributed by atoms with Gasteiger partial charge in [0, 0.05) is 27.2 Å². The van der Waals surface area contributed by atoms with Crippen molar-refractivity contribution in [2.45, 2.75) is 32.9 Å². The van der Waals surface area contributed by atoms with Crippen LogP contribution in [0.25, 0.3) is 0 Å². The van der Waals surface area contributed by atoms with Gasteiger partial charge in [0.05, 0.1) is 11.8 Å². The topological polar surface area (TPSA) is 37.4 Å². The van der Waals surface area contributed by atoms with Gasteiger partial charge < -0.3 is 15.0 Å². The number of nitrogens with one attached hydrogen (secondary N) is 1. The Hall–Kier alpha value is -1.13. The smallest absolute Gasteiger partial charge is 0.128 e. The number of nitrogens with zero attached hydrogens (tertiary/aromatic N) is 2. The van der Waals surface area contributed by atoms with Gasteiger partial charge in [-0.2, -0.15) is 0 Å². The Kier molecular flexibility index (Phi) is 6.68. The number of hydrogen-bond acceptors (Lipinski definition) is 4. The lowest BCUT2D eigenvalue weighted by atomic mass is 10.3. The van der Waals surface area contributed by atoms with Gasteiger partial charge in [0.1, 0.15) is 5.82 Å². The van der Waals surface area contributed by atoms with Crippen LogP contribution in [0.15, 0.2) is 18.2 Å². The zero-order valence-corrected chi connectivity index (χ0v) is 11.9. The van der Waals surface area contributed by atoms with Crippen LogP contribution in [0.3, 0.4) is 0 Å². The van der Waals surface area contributed by atoms with Gasteiger partial charge in [-0.05, 0) is 32.0 Å². The van der Waals surface area contributed by atoms with Crippen LogP contribution in [0.4, 0.5) is 5.82 Å². The van der Waals surface area contributed by atoms with E-state index in [1.807, 2.05) is 13.1 Å². The van der Waals surface area contributed by atoms with E-state index in [1.165, 1.54) is 0 Å². The van der Waals surface area contributed by atoms with Crippen LogP contribution in [-0.4, -0.2) is 38.3 Å². The highest BCUT2D eigenvalue weighted by molar-refractivity contribution is 5.38. The van der Waals surface area contributed by atoms with Crippen LogP contribution in [0, 0.1) is 0 Å². The first kappa shape index (κ1) is 14.9. The molecule has 0 aliphatic rings. The minimum absolute atomic E-state index is 0.207. The van der Waals surface area contributed by atoms with Crippen molar-refractivity contribution >= 4 is 5.82 Å². The van der Waals surface area contributed by atoms with Crippen molar-refractivity contribution in [1.29, 1.82) is 0 Å². The van der Waals surface area contributed by atoms with Crippen molar-refractivity contribution in [2.75, 3.05) is 32.1 Å². The minimum Gasteiger partial charge on any atom is -0.380 e. The summed E-state index contributed by atoms with van der Waals surface area (Å²) in [6.07, 6.45) is 1.35. The molecule has 1 atom stereocenters. The van der Waals surface area contributed by atoms with E-state index in [0.29, 0.717) is 0 Å². The van der Waals surface area contributed by atoms with E-state index >= 15 is 0 Å². The average molecular weight is 251 g/mol. The fourth-order valence-electron chi connectivity index (χ4n) is 1.72. The number of anilines is 1. The molecule has 0 aliphatic heterocycles. The molecule has 1 rings (SSSR count). The van der Waals surface area contributed by atoms with Gasteiger partial charge in [-0.3, -0.25) is 0 Å². The Balaban J connectivity index is 2.57. The molecular weight excluding hydrogens is 226 g/mol. The van der Waals surface area contributed by atoms with Crippen molar-refractivity contribution in [2.24, 2.45) is 0 Å². The number of rotatable bonds is 8. The first-order chi connectivity index (χ1) is 8.67. The SMILES string of the molecule is CCCNCc1cccc(N(C)CC(C)OC)n1. The molecule has 0 amide bonds. The molecule has 0 saturated carbocycles. The van der Waals surface area contributed by atoms with Gasteiger partial charge >= 0.3 is 0 Å². The lowest BCUT2D eigenvalue weighted by Gasteiger charge is -2.22. The molecule has 18 heavy (non-hydrogen) atoms. The molecule has 1 N–H and O–H groups in total. The van der Waals surface area contributed by atoms with E-state index in [2.05, 4.69) is 41.2 Å². The van der Waals surface area contributed by atoms with Gasteiger partial charge in [-0.25, -0.2) is 4.98 Å². The second kappa shape index (κ2) is 8.06. The second-order valence-electron chi connectivity index (χ2n) is 4.59. The van der Waals surface area contributed by atoms with E-state index in [1.54, 1.807) is 7.11 Å². The summed E-state index contributed by atoms with van der Waals surface area (Å²) in [6, 6.07) is 6.14. The standard InChI is InChI=1S/C14H25N3O/c1-5-9-15-10-13-7-6-8-14(16-13)17(3)11-12(2)18-4/h6-8,12,15H,5,9-11H2,1-4H3. The quantitative estimate of drug-likeness (QED) is 0.718. The molecule has 0 fully saturated rings. The Morgan fingerprint density at radius 3 is 2.89 bits per heavy atom. The Morgan fingerprint density at radius 2 is 2.22 bits per heavy atom. The fourth-order valence-corrected chi connectivity index (χ4v) is 1.72. The molecule has 1 aromatic rings. The van der Waals surface area contributed by atoms with Crippen LogP contribution in [0.5, 0.6) is 0 Å². The molecule has 102 valence electrons. The van der Waals surface area contributed by atoms with Crippen molar-refractivity contribution in [3.8, 4) is 0 Å². The maximum atomic E-state index is 5.27. The normalized spacial score (nSPS) is 12.4. The van der Waals surface area contributed by atoms with E-state index in [-0.39, 0.29) is 6.10 Å². The number of hydrogen-bond donors (Lipinski definition) is 1. The monoisotopic (exact) mass is 251 g/mol. The third-order valence-corrected chi connectivity index (χ3v) is 2.85. The molecule has 0 bridgehead atoms. The first-order valence-corrected chi connectivity index (χ1v) is 6.58. The number of pyridine rings is 1. The molecule has 1 unspecified atom stereocenters. The molecule has 1 heterocycles. The summed E-state index contributed by atoms with van der Waals surface area (Å²) < 4.78 is 5.27. The molecule has 0 aliphatic carbocycles. The molecule has 0 aromatic carbocycles. The molecule has 1 aromatic heterocycles. The van der Waals surface area contributed by atoms with Gasteiger partial charge in [-0.1, -0.05) is 13.0 Å². The number of ether oxygens (including phenoxy) is 1. The van der Waals surface area contributed by atoms with Crippen molar-refractivity contribution in [3.63, 3.8) is 0 Å². The van der Waals surface area contributed by atoms with E-state index in [9.17, 15) is 0 Å². The zero-order valence-electron chi connectivity index (χ0n) is 11.9. The van der Waals surface area contributed by atoms with Crippen molar-refractivity contribution in [3.05, 3.63) is 23.9 Å². The van der Waals surface area contributed by atoms with Crippen molar-refractivity contribution in [1.82, 2.24) is 10.3 Å². The van der Waals surface area contributed by atoms with Gasteiger partial charge in [0.25, 0.3) is 0 Å². The lowest BCUT2D eigenvalue weighted by Crippen LogP contribution is -2.29. The molecule has 4 heteroatoms. The predicted octanol–water partition coefficient (Wildman–Crippen LogP) is 2.05. The summed E-state index contributed by atoms with van der Waals surface area (Å²) in [4.78, 5) is 6.76. The summed E-state index contributed by atoms with van der Waals surface area (Å²) in [5, 5.41) is 3.36. The van der Waals surface area contributed by atoms with Crippen LogP contribution in [-0.2, 0) is 11.3 Å². The third-order valence-electron chi connectivity index (χ3n) is 2.85. The Bertz CT molecular complexity index is 344. The highest BCUT2D eigenvalue weighted by Crippen LogP contribution is 2.10. The highest BCUT2D eigenvalue weighted by atomic mass is 16.5. The molecule has 0 saturated heterocycles. The number of methoxy groups -OCH3 is 1. The largest absolute Gasteiger partial charge is 0.380 e. The number of aromatic nitrogens is 1. The van der Waals surface area contributed by atoms with Crippen LogP contribution in [0.2, 0.25) is 0 Å². The summed E-state index contributed by atoms with van der Waals surface area (Å²) in [6.45, 7) is 6.92. The summed E-state index contributed by atoms with van der Waals surface area (Å²) >= 11 is 0. The van der Waals surface area contributed by atoms with Crippen LogP contribution in [0.1, 0.15) is 26.0 Å². The summed E-state index contributed by atoms with van der Waals surface area (Å²) in [5.74, 6) is 0.995. The van der Waals surface area contributed by atoms with Crippen LogP contribution >= 0.6 is 0 Å². The van der Waals surface area contributed by atoms with Crippen molar-refractivity contribution < 1.29 is 4.74 Å². The summed E-state index contributed by atoms with van der Waals surface area (Å²) in [7, 11) is 3.78. The van der Waals surface area contributed by atoms with Gasteiger partial charge in [0.15, 0.2) is 0 Å². The molecular formula is C14H25N3O. The van der Waals surface area contributed by atoms with E-state index in [0.717, 1.165) is 37.6 Å². The maximum Gasteiger partial charge on any atom is 0.128 e. The Labute approximate surface area is 110 Å². The van der Waals surface area contributed by atoms with E-state index < -0.39 is 0 Å². The van der Waals surface area contributed by atoms with E-state index in [4.69, 9.17) is 4.74 Å². The predicted molar refractivity (Wildman–Crippen MR) is 76.0 cm³/mol. The zero-order chi connectivity index (χ0) is 13.4. The molecule has 0 spiro atoms. The van der Waals surface area contributed by atoms with Gasteiger partial charge in [0.2, 0.25) is 0 Å². The summed E-state index contributed by atoms with van der Waals surface area (Å²) in [5.41, 5.74) is 1.08. The highest BCUT2D eigenvalue weighted by Gasteiger charge is 2.07. The number of likely N-dealkylation sites (N-methyl/N-ethyl adjacent to an activating group) is 1. The third kappa shape index (κ3) is 5.02. The average Bonchev–Trinajstić information content (AvgIpc) is 2.39. The second-order valence-corrected chi connectivity index (χ2v) is 4.59. The Morgan fingerprint density at radius 1 is 1.44 bits per heavy atom. The fraction of sp³-hybridized carbons (Fsp3) is 0.643. The minimum atomic E-state index is 0.207. The maximum absolute atomic E-state index is 5.27. The molecule has 0 radical (unpaired) electrons. The molecule has 4 nitrogen and oxygen atoms in total. The lowest BCUT2D eigenvalue weighted by molar-refractivity contribution is 0.124. The van der Waals surface area contributed by atoms with Crippen LogP contribution < -0.4 is 10.2 Å². The first-order valence-electron chi connectivity index (χ1n) is 6.58.